The summed E-state index contributed by atoms with van der Waals surface area (Å²) in [5.74, 6) is -2.90. The van der Waals surface area contributed by atoms with Crippen molar-refractivity contribution >= 4 is 22.3 Å². The lowest BCUT2D eigenvalue weighted by Crippen LogP contribution is -2.17. The fraction of sp³-hybridized carbons (Fsp3) is 0.636. The van der Waals surface area contributed by atoms with E-state index in [1.807, 2.05) is 6.92 Å². The van der Waals surface area contributed by atoms with Crippen molar-refractivity contribution in [3.05, 3.63) is 10.8 Å². The van der Waals surface area contributed by atoms with E-state index >= 15 is 0 Å². The van der Waals surface area contributed by atoms with Crippen LogP contribution in [-0.4, -0.2) is 30.9 Å². The summed E-state index contributed by atoms with van der Waals surface area (Å²) < 4.78 is 38.9. The number of halogens is 3. The SMILES string of the molecule is CC1CC(C(=O)O)C(c2nn3c(C(F)(F)F)nnc3s2)C1. The molecule has 1 aliphatic rings. The van der Waals surface area contributed by atoms with Crippen LogP contribution < -0.4 is 0 Å². The van der Waals surface area contributed by atoms with Crippen molar-refractivity contribution in [2.75, 3.05) is 0 Å². The maximum atomic E-state index is 12.8. The van der Waals surface area contributed by atoms with Crippen molar-refractivity contribution in [1.82, 2.24) is 19.8 Å². The highest BCUT2D eigenvalue weighted by atomic mass is 32.1. The molecule has 0 saturated heterocycles. The molecule has 6 nitrogen and oxygen atoms in total. The monoisotopic (exact) mass is 320 g/mol. The Hall–Kier alpha value is -1.71. The Balaban J connectivity index is 2.02. The standard InChI is InChI=1S/C11H11F3N4O2S/c1-4-2-5(6(3-4)8(19)20)7-17-18-9(11(12,13)14)15-16-10(18)21-7/h4-6H,2-3H2,1H3,(H,19,20). The summed E-state index contributed by atoms with van der Waals surface area (Å²) in [5, 5.41) is 20.1. The molecule has 0 aliphatic heterocycles. The van der Waals surface area contributed by atoms with Crippen LogP contribution in [0.2, 0.25) is 0 Å². The van der Waals surface area contributed by atoms with E-state index in [9.17, 15) is 23.1 Å². The summed E-state index contributed by atoms with van der Waals surface area (Å²) in [4.78, 5) is 11.3. The molecule has 2 aromatic heterocycles. The summed E-state index contributed by atoms with van der Waals surface area (Å²) in [6.07, 6.45) is -3.53. The van der Waals surface area contributed by atoms with Gasteiger partial charge in [-0.25, -0.2) is 0 Å². The fourth-order valence-electron chi connectivity index (χ4n) is 2.80. The molecule has 0 radical (unpaired) electrons. The molecule has 3 unspecified atom stereocenters. The van der Waals surface area contributed by atoms with Gasteiger partial charge in [0.15, 0.2) is 0 Å². The number of hydrogen-bond donors (Lipinski definition) is 1. The lowest BCUT2D eigenvalue weighted by molar-refractivity contribution is -0.146. The Morgan fingerprint density at radius 2 is 2.10 bits per heavy atom. The second-order valence-electron chi connectivity index (χ2n) is 5.28. The van der Waals surface area contributed by atoms with Crippen LogP contribution >= 0.6 is 11.3 Å². The van der Waals surface area contributed by atoms with E-state index in [4.69, 9.17) is 0 Å². The number of aromatic nitrogens is 4. The normalized spacial score (nSPS) is 26.6. The minimum Gasteiger partial charge on any atom is -0.481 e. The molecular weight excluding hydrogens is 309 g/mol. The van der Waals surface area contributed by atoms with Crippen LogP contribution in [0.25, 0.3) is 4.96 Å². The quantitative estimate of drug-likeness (QED) is 0.919. The molecule has 21 heavy (non-hydrogen) atoms. The molecule has 1 aliphatic carbocycles. The molecule has 1 fully saturated rings. The van der Waals surface area contributed by atoms with E-state index in [2.05, 4.69) is 15.3 Å². The average molecular weight is 320 g/mol. The van der Waals surface area contributed by atoms with Gasteiger partial charge in [0.25, 0.3) is 5.82 Å². The summed E-state index contributed by atoms with van der Waals surface area (Å²) in [5.41, 5.74) is 0. The third kappa shape index (κ3) is 2.37. The zero-order chi connectivity index (χ0) is 15.4. The first-order chi connectivity index (χ1) is 9.77. The van der Waals surface area contributed by atoms with Crippen LogP contribution in [0.4, 0.5) is 13.2 Å². The van der Waals surface area contributed by atoms with Crippen molar-refractivity contribution in [3.63, 3.8) is 0 Å². The number of carboxylic acids is 1. The zero-order valence-corrected chi connectivity index (χ0v) is 11.6. The molecule has 0 aromatic carbocycles. The zero-order valence-electron chi connectivity index (χ0n) is 10.8. The topological polar surface area (TPSA) is 80.4 Å². The van der Waals surface area contributed by atoms with Crippen molar-refractivity contribution in [1.29, 1.82) is 0 Å². The van der Waals surface area contributed by atoms with Gasteiger partial charge in [0.2, 0.25) is 4.96 Å². The van der Waals surface area contributed by atoms with Crippen LogP contribution in [0.15, 0.2) is 0 Å². The number of hydrogen-bond acceptors (Lipinski definition) is 5. The van der Waals surface area contributed by atoms with Crippen molar-refractivity contribution in [3.8, 4) is 0 Å². The summed E-state index contributed by atoms with van der Waals surface area (Å²) in [6, 6.07) is 0. The minimum absolute atomic E-state index is 0.0287. The molecule has 1 N–H and O–H groups in total. The van der Waals surface area contributed by atoms with E-state index in [1.54, 1.807) is 0 Å². The van der Waals surface area contributed by atoms with E-state index in [1.165, 1.54) is 0 Å². The lowest BCUT2D eigenvalue weighted by Gasteiger charge is -2.11. The molecule has 3 atom stereocenters. The number of carbonyl (C=O) groups is 1. The molecule has 2 aromatic rings. The Morgan fingerprint density at radius 1 is 1.38 bits per heavy atom. The van der Waals surface area contributed by atoms with Crippen LogP contribution in [0.5, 0.6) is 0 Å². The van der Waals surface area contributed by atoms with Gasteiger partial charge in [0, 0.05) is 5.92 Å². The predicted octanol–water partition coefficient (Wildman–Crippen LogP) is 2.42. The van der Waals surface area contributed by atoms with Crippen LogP contribution in [0.3, 0.4) is 0 Å². The van der Waals surface area contributed by atoms with E-state index in [-0.39, 0.29) is 16.8 Å². The summed E-state index contributed by atoms with van der Waals surface area (Å²) >= 11 is 0.970. The smallest absolute Gasteiger partial charge is 0.453 e. The molecule has 10 heteroatoms. The van der Waals surface area contributed by atoms with Gasteiger partial charge >= 0.3 is 12.1 Å². The van der Waals surface area contributed by atoms with E-state index < -0.39 is 23.9 Å². The first-order valence-electron chi connectivity index (χ1n) is 6.29. The van der Waals surface area contributed by atoms with Gasteiger partial charge in [-0.2, -0.15) is 22.8 Å². The second-order valence-corrected chi connectivity index (χ2v) is 6.27. The summed E-state index contributed by atoms with van der Waals surface area (Å²) in [7, 11) is 0. The molecule has 3 rings (SSSR count). The highest BCUT2D eigenvalue weighted by molar-refractivity contribution is 7.16. The number of nitrogens with zero attached hydrogens (tertiary/aromatic N) is 4. The predicted molar refractivity (Wildman–Crippen MR) is 65.9 cm³/mol. The second kappa shape index (κ2) is 4.65. The van der Waals surface area contributed by atoms with Gasteiger partial charge in [0.1, 0.15) is 5.01 Å². The number of aliphatic carboxylic acids is 1. The number of carboxylic acid groups (broad SMARTS) is 1. The van der Waals surface area contributed by atoms with Gasteiger partial charge in [-0.1, -0.05) is 18.3 Å². The number of alkyl halides is 3. The maximum Gasteiger partial charge on any atom is 0.453 e. The van der Waals surface area contributed by atoms with Crippen LogP contribution in [0, 0.1) is 11.8 Å². The van der Waals surface area contributed by atoms with E-state index in [0.29, 0.717) is 22.4 Å². The Bertz CT molecular complexity index is 695. The molecule has 114 valence electrons. The third-order valence-electron chi connectivity index (χ3n) is 3.69. The largest absolute Gasteiger partial charge is 0.481 e. The third-order valence-corrected chi connectivity index (χ3v) is 4.72. The van der Waals surface area contributed by atoms with Gasteiger partial charge in [-0.3, -0.25) is 4.79 Å². The highest BCUT2D eigenvalue weighted by Gasteiger charge is 2.42. The first-order valence-corrected chi connectivity index (χ1v) is 7.11. The number of rotatable bonds is 2. The van der Waals surface area contributed by atoms with E-state index in [0.717, 1.165) is 11.3 Å². The Kier molecular flexibility index (Phi) is 3.15. The van der Waals surface area contributed by atoms with Gasteiger partial charge in [0.05, 0.1) is 5.92 Å². The van der Waals surface area contributed by atoms with Crippen LogP contribution in [0.1, 0.15) is 36.5 Å². The lowest BCUT2D eigenvalue weighted by atomic mass is 9.97. The first kappa shape index (κ1) is 14.2. The molecule has 0 bridgehead atoms. The average Bonchev–Trinajstić information content (AvgIpc) is 2.97. The van der Waals surface area contributed by atoms with Crippen LogP contribution in [-0.2, 0) is 11.0 Å². The molecule has 0 amide bonds. The maximum absolute atomic E-state index is 12.8. The molecular formula is C11H11F3N4O2S. The molecule has 0 spiro atoms. The van der Waals surface area contributed by atoms with Gasteiger partial charge in [-0.15, -0.1) is 10.2 Å². The molecule has 1 saturated carbocycles. The van der Waals surface area contributed by atoms with Crippen molar-refractivity contribution < 1.29 is 23.1 Å². The van der Waals surface area contributed by atoms with Gasteiger partial charge < -0.3 is 5.11 Å². The highest BCUT2D eigenvalue weighted by Crippen LogP contribution is 2.44. The molecule has 2 heterocycles. The van der Waals surface area contributed by atoms with Gasteiger partial charge in [-0.05, 0) is 18.8 Å². The van der Waals surface area contributed by atoms with Crippen molar-refractivity contribution in [2.24, 2.45) is 11.8 Å². The number of fused-ring (bicyclic) bond motifs is 1. The van der Waals surface area contributed by atoms with Crippen molar-refractivity contribution in [2.45, 2.75) is 31.9 Å². The fourth-order valence-corrected chi connectivity index (χ4v) is 3.81. The Labute approximate surface area is 120 Å². The Morgan fingerprint density at radius 3 is 2.71 bits per heavy atom. The summed E-state index contributed by atoms with van der Waals surface area (Å²) in [6.45, 7) is 1.93. The minimum atomic E-state index is -4.64.